The lowest BCUT2D eigenvalue weighted by molar-refractivity contribution is 0.297. The largest absolute Gasteiger partial charge is 0.490 e. The van der Waals surface area contributed by atoms with Gasteiger partial charge in [-0.2, -0.15) is 0 Å². The van der Waals surface area contributed by atoms with Gasteiger partial charge in [0.1, 0.15) is 0 Å². The highest BCUT2D eigenvalue weighted by atomic mass is 16.5. The fourth-order valence-corrected chi connectivity index (χ4v) is 2.10. The maximum absolute atomic E-state index is 5.68. The second-order valence-electron chi connectivity index (χ2n) is 4.67. The van der Waals surface area contributed by atoms with Gasteiger partial charge in [0, 0.05) is 25.7 Å². The van der Waals surface area contributed by atoms with E-state index in [1.807, 2.05) is 18.3 Å². The van der Waals surface area contributed by atoms with Gasteiger partial charge >= 0.3 is 0 Å². The van der Waals surface area contributed by atoms with Gasteiger partial charge in [0.2, 0.25) is 0 Å². The van der Waals surface area contributed by atoms with Crippen molar-refractivity contribution in [1.82, 2.24) is 20.3 Å². The molecule has 0 spiro atoms. The number of fused-ring (bicyclic) bond motifs is 1. The van der Waals surface area contributed by atoms with E-state index in [1.165, 1.54) is 5.56 Å². The molecule has 20 heavy (non-hydrogen) atoms. The van der Waals surface area contributed by atoms with E-state index < -0.39 is 0 Å². The fourth-order valence-electron chi connectivity index (χ4n) is 2.10. The quantitative estimate of drug-likeness (QED) is 0.831. The first-order valence-electron chi connectivity index (χ1n) is 6.85. The molecule has 1 N–H and O–H groups in total. The molecule has 0 saturated carbocycles. The minimum absolute atomic E-state index is 0.718. The summed E-state index contributed by atoms with van der Waals surface area (Å²) < 4.78 is 13.1. The first kappa shape index (κ1) is 12.9. The SMILES string of the molecule is c1cn(CCNCc2ccc3c(c2)OCCCO3)nn1. The maximum Gasteiger partial charge on any atom is 0.161 e. The summed E-state index contributed by atoms with van der Waals surface area (Å²) in [6.07, 6.45) is 4.47. The van der Waals surface area contributed by atoms with Crippen LogP contribution in [0, 0.1) is 0 Å². The highest BCUT2D eigenvalue weighted by Crippen LogP contribution is 2.30. The average molecular weight is 274 g/mol. The third-order valence-corrected chi connectivity index (χ3v) is 3.13. The van der Waals surface area contributed by atoms with Crippen LogP contribution in [0.3, 0.4) is 0 Å². The Kier molecular flexibility index (Phi) is 4.13. The Morgan fingerprint density at radius 3 is 2.95 bits per heavy atom. The number of ether oxygens (including phenoxy) is 2. The number of hydrogen-bond donors (Lipinski definition) is 1. The molecule has 0 aliphatic carbocycles. The van der Waals surface area contributed by atoms with Crippen LogP contribution in [0.15, 0.2) is 30.6 Å². The second kappa shape index (κ2) is 6.38. The molecular formula is C14H18N4O2. The summed E-state index contributed by atoms with van der Waals surface area (Å²) in [4.78, 5) is 0. The van der Waals surface area contributed by atoms with Crippen LogP contribution < -0.4 is 14.8 Å². The Hall–Kier alpha value is -2.08. The lowest BCUT2D eigenvalue weighted by atomic mass is 10.2. The molecular weight excluding hydrogens is 256 g/mol. The van der Waals surface area contributed by atoms with Crippen molar-refractivity contribution >= 4 is 0 Å². The van der Waals surface area contributed by atoms with Crippen molar-refractivity contribution in [2.24, 2.45) is 0 Å². The van der Waals surface area contributed by atoms with Crippen LogP contribution in [0.1, 0.15) is 12.0 Å². The van der Waals surface area contributed by atoms with Crippen LogP contribution in [0.5, 0.6) is 11.5 Å². The van der Waals surface area contributed by atoms with E-state index >= 15 is 0 Å². The van der Waals surface area contributed by atoms with E-state index in [1.54, 1.807) is 10.9 Å². The predicted molar refractivity (Wildman–Crippen MR) is 73.8 cm³/mol. The van der Waals surface area contributed by atoms with E-state index in [0.29, 0.717) is 0 Å². The van der Waals surface area contributed by atoms with Crippen LogP contribution in [0.25, 0.3) is 0 Å². The van der Waals surface area contributed by atoms with Crippen LogP contribution in [0.2, 0.25) is 0 Å². The maximum atomic E-state index is 5.68. The van der Waals surface area contributed by atoms with Crippen molar-refractivity contribution < 1.29 is 9.47 Å². The Labute approximate surface area is 117 Å². The number of rotatable bonds is 5. The molecule has 2 heterocycles. The van der Waals surface area contributed by atoms with Gasteiger partial charge in [-0.25, -0.2) is 0 Å². The Morgan fingerprint density at radius 1 is 1.20 bits per heavy atom. The van der Waals surface area contributed by atoms with E-state index in [4.69, 9.17) is 9.47 Å². The monoisotopic (exact) mass is 274 g/mol. The molecule has 0 radical (unpaired) electrons. The van der Waals surface area contributed by atoms with E-state index in [9.17, 15) is 0 Å². The number of hydrogen-bond acceptors (Lipinski definition) is 5. The topological polar surface area (TPSA) is 61.2 Å². The predicted octanol–water partition coefficient (Wildman–Crippen LogP) is 1.23. The van der Waals surface area contributed by atoms with Crippen molar-refractivity contribution in [2.75, 3.05) is 19.8 Å². The molecule has 0 atom stereocenters. The number of nitrogens with one attached hydrogen (secondary N) is 1. The van der Waals surface area contributed by atoms with E-state index in [2.05, 4.69) is 21.7 Å². The molecule has 1 aliphatic heterocycles. The lowest BCUT2D eigenvalue weighted by Gasteiger charge is -2.10. The zero-order chi connectivity index (χ0) is 13.6. The van der Waals surface area contributed by atoms with Crippen LogP contribution in [0.4, 0.5) is 0 Å². The molecule has 1 aliphatic rings. The molecule has 2 aromatic rings. The smallest absolute Gasteiger partial charge is 0.161 e. The summed E-state index contributed by atoms with van der Waals surface area (Å²) in [6, 6.07) is 6.09. The minimum Gasteiger partial charge on any atom is -0.490 e. The van der Waals surface area contributed by atoms with Crippen LogP contribution in [-0.2, 0) is 13.1 Å². The average Bonchev–Trinajstić information content (AvgIpc) is 2.87. The lowest BCUT2D eigenvalue weighted by Crippen LogP contribution is -2.19. The van der Waals surface area contributed by atoms with Gasteiger partial charge in [0.05, 0.1) is 26.0 Å². The Morgan fingerprint density at radius 2 is 2.10 bits per heavy atom. The minimum atomic E-state index is 0.718. The van der Waals surface area contributed by atoms with Gasteiger partial charge in [0.15, 0.2) is 11.5 Å². The molecule has 0 unspecified atom stereocenters. The zero-order valence-electron chi connectivity index (χ0n) is 11.3. The van der Waals surface area contributed by atoms with E-state index in [-0.39, 0.29) is 0 Å². The first-order chi connectivity index (χ1) is 9.92. The summed E-state index contributed by atoms with van der Waals surface area (Å²) in [5.74, 6) is 1.69. The molecule has 6 nitrogen and oxygen atoms in total. The molecule has 1 aromatic heterocycles. The van der Waals surface area contributed by atoms with E-state index in [0.717, 1.165) is 50.8 Å². The number of nitrogens with zero attached hydrogens (tertiary/aromatic N) is 3. The van der Waals surface area contributed by atoms with Crippen molar-refractivity contribution in [3.8, 4) is 11.5 Å². The standard InChI is InChI=1S/C14H18N4O2/c1-8-19-13-3-2-12(10-14(13)20-9-1)11-15-4-6-18-7-5-16-17-18/h2-3,5,7,10,15H,1,4,6,8-9,11H2. The molecule has 0 amide bonds. The molecule has 0 saturated heterocycles. The normalized spacial score (nSPS) is 14.0. The molecule has 1 aromatic carbocycles. The van der Waals surface area contributed by atoms with Crippen molar-refractivity contribution in [2.45, 2.75) is 19.5 Å². The highest BCUT2D eigenvalue weighted by molar-refractivity contribution is 5.43. The molecule has 106 valence electrons. The Bertz CT molecular complexity index is 542. The van der Waals surface area contributed by atoms with Gasteiger partial charge in [-0.3, -0.25) is 4.68 Å². The molecule has 3 rings (SSSR count). The number of benzene rings is 1. The third-order valence-electron chi connectivity index (χ3n) is 3.13. The van der Waals surface area contributed by atoms with Gasteiger partial charge in [-0.15, -0.1) is 5.10 Å². The first-order valence-corrected chi connectivity index (χ1v) is 6.85. The van der Waals surface area contributed by atoms with Gasteiger partial charge in [-0.05, 0) is 17.7 Å². The van der Waals surface area contributed by atoms with Crippen LogP contribution in [-0.4, -0.2) is 34.8 Å². The number of aromatic nitrogens is 3. The van der Waals surface area contributed by atoms with Crippen LogP contribution >= 0.6 is 0 Å². The third kappa shape index (κ3) is 3.27. The van der Waals surface area contributed by atoms with Crippen molar-refractivity contribution in [3.63, 3.8) is 0 Å². The van der Waals surface area contributed by atoms with Crippen molar-refractivity contribution in [3.05, 3.63) is 36.2 Å². The van der Waals surface area contributed by atoms with Gasteiger partial charge in [0.25, 0.3) is 0 Å². The second-order valence-corrected chi connectivity index (χ2v) is 4.67. The molecule has 0 bridgehead atoms. The summed E-state index contributed by atoms with van der Waals surface area (Å²) in [5.41, 5.74) is 1.19. The summed E-state index contributed by atoms with van der Waals surface area (Å²) in [5, 5.41) is 11.1. The van der Waals surface area contributed by atoms with Gasteiger partial charge in [-0.1, -0.05) is 11.3 Å². The highest BCUT2D eigenvalue weighted by Gasteiger charge is 2.10. The summed E-state index contributed by atoms with van der Waals surface area (Å²) in [6.45, 7) is 3.90. The molecule has 0 fully saturated rings. The zero-order valence-corrected chi connectivity index (χ0v) is 11.3. The van der Waals surface area contributed by atoms with Crippen molar-refractivity contribution in [1.29, 1.82) is 0 Å². The fraction of sp³-hybridized carbons (Fsp3) is 0.429. The summed E-state index contributed by atoms with van der Waals surface area (Å²) >= 11 is 0. The molecule has 6 heteroatoms. The summed E-state index contributed by atoms with van der Waals surface area (Å²) in [7, 11) is 0. The Balaban J connectivity index is 1.51. The van der Waals surface area contributed by atoms with Gasteiger partial charge < -0.3 is 14.8 Å².